The standard InChI is InChI=1S/C17H22ClNO3/c18-15-6-4-14(5-7-15)2-1-3-16(20)19-10-8-17(9-11-19)21-12-13-22-17/h4-7H,1-3,8-13H2. The van der Waals surface area contributed by atoms with Gasteiger partial charge in [0, 0.05) is 37.4 Å². The van der Waals surface area contributed by atoms with Crippen molar-refractivity contribution in [2.75, 3.05) is 26.3 Å². The van der Waals surface area contributed by atoms with Crippen molar-refractivity contribution >= 4 is 17.5 Å². The van der Waals surface area contributed by atoms with Crippen LogP contribution in [-0.2, 0) is 20.7 Å². The number of hydrogen-bond acceptors (Lipinski definition) is 3. The van der Waals surface area contributed by atoms with Crippen molar-refractivity contribution in [3.63, 3.8) is 0 Å². The number of piperidine rings is 1. The topological polar surface area (TPSA) is 38.8 Å². The first-order chi connectivity index (χ1) is 10.7. The minimum atomic E-state index is -0.403. The minimum absolute atomic E-state index is 0.238. The Morgan fingerprint density at radius 1 is 1.14 bits per heavy atom. The fourth-order valence-electron chi connectivity index (χ4n) is 3.14. The lowest BCUT2D eigenvalue weighted by molar-refractivity contribution is -0.187. The van der Waals surface area contributed by atoms with Gasteiger partial charge in [-0.2, -0.15) is 0 Å². The Kier molecular flexibility index (Phi) is 5.01. The van der Waals surface area contributed by atoms with Crippen LogP contribution in [0.5, 0.6) is 0 Å². The van der Waals surface area contributed by atoms with E-state index in [2.05, 4.69) is 0 Å². The van der Waals surface area contributed by atoms with Gasteiger partial charge in [0.2, 0.25) is 5.91 Å². The number of aryl methyl sites for hydroxylation is 1. The quantitative estimate of drug-likeness (QED) is 0.855. The first-order valence-corrected chi connectivity index (χ1v) is 8.35. The first kappa shape index (κ1) is 15.8. The van der Waals surface area contributed by atoms with E-state index in [1.165, 1.54) is 5.56 Å². The number of likely N-dealkylation sites (tertiary alicyclic amines) is 1. The zero-order valence-corrected chi connectivity index (χ0v) is 13.5. The Balaban J connectivity index is 1.40. The van der Waals surface area contributed by atoms with Crippen molar-refractivity contribution in [2.24, 2.45) is 0 Å². The predicted octanol–water partition coefficient (Wildman–Crippen LogP) is 3.03. The molecular formula is C17H22ClNO3. The van der Waals surface area contributed by atoms with Crippen LogP contribution < -0.4 is 0 Å². The molecule has 0 N–H and O–H groups in total. The van der Waals surface area contributed by atoms with Gasteiger partial charge in [0.1, 0.15) is 0 Å². The largest absolute Gasteiger partial charge is 0.347 e. The van der Waals surface area contributed by atoms with Crippen molar-refractivity contribution in [3.05, 3.63) is 34.9 Å². The summed E-state index contributed by atoms with van der Waals surface area (Å²) in [6, 6.07) is 7.83. The molecule has 120 valence electrons. The van der Waals surface area contributed by atoms with Gasteiger partial charge in [0.05, 0.1) is 13.2 Å². The number of rotatable bonds is 4. The van der Waals surface area contributed by atoms with Gasteiger partial charge in [-0.15, -0.1) is 0 Å². The van der Waals surface area contributed by atoms with E-state index in [-0.39, 0.29) is 5.91 Å². The smallest absolute Gasteiger partial charge is 0.222 e. The van der Waals surface area contributed by atoms with E-state index >= 15 is 0 Å². The molecule has 1 amide bonds. The molecule has 2 saturated heterocycles. The van der Waals surface area contributed by atoms with Crippen molar-refractivity contribution in [1.29, 1.82) is 0 Å². The Bertz CT molecular complexity index is 501. The Hall–Kier alpha value is -1.10. The molecule has 2 fully saturated rings. The van der Waals surface area contributed by atoms with E-state index in [4.69, 9.17) is 21.1 Å². The van der Waals surface area contributed by atoms with Gasteiger partial charge in [-0.1, -0.05) is 23.7 Å². The van der Waals surface area contributed by atoms with Crippen molar-refractivity contribution in [2.45, 2.75) is 37.9 Å². The Morgan fingerprint density at radius 2 is 1.77 bits per heavy atom. The summed E-state index contributed by atoms with van der Waals surface area (Å²) in [4.78, 5) is 14.2. The number of amides is 1. The molecule has 2 aliphatic heterocycles. The first-order valence-electron chi connectivity index (χ1n) is 7.97. The summed E-state index contributed by atoms with van der Waals surface area (Å²) in [5.41, 5.74) is 1.22. The molecule has 0 aliphatic carbocycles. The molecule has 0 saturated carbocycles. The molecule has 3 rings (SSSR count). The van der Waals surface area contributed by atoms with Crippen LogP contribution in [0, 0.1) is 0 Å². The van der Waals surface area contributed by atoms with Gasteiger partial charge < -0.3 is 14.4 Å². The average Bonchev–Trinajstić information content (AvgIpc) is 2.98. The molecule has 4 nitrogen and oxygen atoms in total. The van der Waals surface area contributed by atoms with E-state index in [1.807, 2.05) is 29.2 Å². The molecule has 1 aromatic carbocycles. The van der Waals surface area contributed by atoms with E-state index < -0.39 is 5.79 Å². The number of nitrogens with zero attached hydrogens (tertiary/aromatic N) is 1. The zero-order valence-electron chi connectivity index (χ0n) is 12.7. The van der Waals surface area contributed by atoms with Crippen LogP contribution in [0.4, 0.5) is 0 Å². The van der Waals surface area contributed by atoms with Crippen LogP contribution in [0.1, 0.15) is 31.2 Å². The Morgan fingerprint density at radius 3 is 2.41 bits per heavy atom. The highest BCUT2D eigenvalue weighted by atomic mass is 35.5. The van der Waals surface area contributed by atoms with Crippen molar-refractivity contribution in [1.82, 2.24) is 4.90 Å². The van der Waals surface area contributed by atoms with Crippen LogP contribution >= 0.6 is 11.6 Å². The summed E-state index contributed by atoms with van der Waals surface area (Å²) >= 11 is 5.87. The summed E-state index contributed by atoms with van der Waals surface area (Å²) in [6.07, 6.45) is 3.95. The third kappa shape index (κ3) is 3.80. The summed E-state index contributed by atoms with van der Waals surface area (Å²) < 4.78 is 11.4. The second-order valence-corrected chi connectivity index (χ2v) is 6.40. The number of halogens is 1. The van der Waals surface area contributed by atoms with Crippen LogP contribution in [0.15, 0.2) is 24.3 Å². The lowest BCUT2D eigenvalue weighted by Gasteiger charge is -2.37. The maximum Gasteiger partial charge on any atom is 0.222 e. The molecule has 5 heteroatoms. The third-order valence-corrected chi connectivity index (χ3v) is 4.71. The average molecular weight is 324 g/mol. The van der Waals surface area contributed by atoms with Crippen LogP contribution in [0.25, 0.3) is 0 Å². The van der Waals surface area contributed by atoms with Crippen LogP contribution in [-0.4, -0.2) is 42.9 Å². The van der Waals surface area contributed by atoms with Crippen molar-refractivity contribution in [3.8, 4) is 0 Å². The lowest BCUT2D eigenvalue weighted by Crippen LogP contribution is -2.47. The number of carbonyl (C=O) groups excluding carboxylic acids is 1. The molecule has 0 bridgehead atoms. The second kappa shape index (κ2) is 6.99. The van der Waals surface area contributed by atoms with Gasteiger partial charge in [0.15, 0.2) is 5.79 Å². The second-order valence-electron chi connectivity index (χ2n) is 5.97. The number of benzene rings is 1. The van der Waals surface area contributed by atoms with Crippen LogP contribution in [0.3, 0.4) is 0 Å². The molecule has 22 heavy (non-hydrogen) atoms. The van der Waals surface area contributed by atoms with Gasteiger partial charge in [0.25, 0.3) is 0 Å². The zero-order chi connectivity index (χ0) is 15.4. The van der Waals surface area contributed by atoms with E-state index in [1.54, 1.807) is 0 Å². The minimum Gasteiger partial charge on any atom is -0.347 e. The molecule has 1 aromatic rings. The molecule has 0 radical (unpaired) electrons. The summed E-state index contributed by atoms with van der Waals surface area (Å²) in [7, 11) is 0. The third-order valence-electron chi connectivity index (χ3n) is 4.46. The predicted molar refractivity (Wildman–Crippen MR) is 84.8 cm³/mol. The van der Waals surface area contributed by atoms with Gasteiger partial charge in [-0.05, 0) is 30.5 Å². The molecule has 0 atom stereocenters. The highest BCUT2D eigenvalue weighted by Gasteiger charge is 2.40. The molecule has 0 aromatic heterocycles. The van der Waals surface area contributed by atoms with Gasteiger partial charge in [-0.25, -0.2) is 0 Å². The maximum atomic E-state index is 12.3. The molecular weight excluding hydrogens is 302 g/mol. The molecule has 2 aliphatic rings. The summed E-state index contributed by atoms with van der Waals surface area (Å²) in [5, 5.41) is 0.749. The molecule has 2 heterocycles. The lowest BCUT2D eigenvalue weighted by atomic mass is 10.0. The fourth-order valence-corrected chi connectivity index (χ4v) is 3.26. The Labute approximate surface area is 136 Å². The molecule has 1 spiro atoms. The number of carbonyl (C=O) groups is 1. The van der Waals surface area contributed by atoms with Gasteiger partial charge in [-0.3, -0.25) is 4.79 Å². The van der Waals surface area contributed by atoms with E-state index in [0.29, 0.717) is 19.6 Å². The van der Waals surface area contributed by atoms with Gasteiger partial charge >= 0.3 is 0 Å². The van der Waals surface area contributed by atoms with Crippen molar-refractivity contribution < 1.29 is 14.3 Å². The summed E-state index contributed by atoms with van der Waals surface area (Å²) in [6.45, 7) is 2.82. The fraction of sp³-hybridized carbons (Fsp3) is 0.588. The monoisotopic (exact) mass is 323 g/mol. The highest BCUT2D eigenvalue weighted by molar-refractivity contribution is 6.30. The summed E-state index contributed by atoms with van der Waals surface area (Å²) in [5.74, 6) is -0.165. The normalized spacial score (nSPS) is 20.5. The van der Waals surface area contributed by atoms with E-state index in [9.17, 15) is 4.79 Å². The SMILES string of the molecule is O=C(CCCc1ccc(Cl)cc1)N1CCC2(CC1)OCCO2. The highest BCUT2D eigenvalue weighted by Crippen LogP contribution is 2.31. The number of ether oxygens (including phenoxy) is 2. The molecule has 0 unspecified atom stereocenters. The maximum absolute atomic E-state index is 12.3. The van der Waals surface area contributed by atoms with E-state index in [0.717, 1.165) is 43.8 Å². The van der Waals surface area contributed by atoms with Crippen LogP contribution in [0.2, 0.25) is 5.02 Å². The number of hydrogen-bond donors (Lipinski definition) is 0.